The van der Waals surface area contributed by atoms with Gasteiger partial charge >= 0.3 is 0 Å². The summed E-state index contributed by atoms with van der Waals surface area (Å²) in [6.07, 6.45) is 2.30. The second-order valence-corrected chi connectivity index (χ2v) is 9.79. The van der Waals surface area contributed by atoms with E-state index in [9.17, 15) is 14.4 Å². The summed E-state index contributed by atoms with van der Waals surface area (Å²) in [6, 6.07) is 10.4. The third-order valence-corrected chi connectivity index (χ3v) is 7.31. The monoisotopic (exact) mass is 482 g/mol. The molecule has 0 bridgehead atoms. The van der Waals surface area contributed by atoms with E-state index in [2.05, 4.69) is 27.1 Å². The van der Waals surface area contributed by atoms with Crippen molar-refractivity contribution in [3.8, 4) is 0 Å². The highest BCUT2D eigenvalue weighted by Gasteiger charge is 2.28. The highest BCUT2D eigenvalue weighted by molar-refractivity contribution is 7.14. The molecule has 172 valence electrons. The maximum absolute atomic E-state index is 13.1. The summed E-state index contributed by atoms with van der Waals surface area (Å²) >= 11 is 3.00. The van der Waals surface area contributed by atoms with Crippen molar-refractivity contribution in [2.45, 2.75) is 45.2 Å². The van der Waals surface area contributed by atoms with Crippen molar-refractivity contribution >= 4 is 45.5 Å². The Hall–Kier alpha value is -3.04. The van der Waals surface area contributed by atoms with Crippen LogP contribution < -0.4 is 10.6 Å². The lowest BCUT2D eigenvalue weighted by Crippen LogP contribution is -2.50. The molecule has 1 unspecified atom stereocenters. The van der Waals surface area contributed by atoms with Gasteiger partial charge in [0.1, 0.15) is 6.04 Å². The summed E-state index contributed by atoms with van der Waals surface area (Å²) < 4.78 is 0. The standard InChI is InChI=1S/C24H26N4O3S2/c1-2-6-19(23(31)28-11-9-20-17(14-28)10-12-32-20)26-21(29)13-18-15-33-24(25-18)27-22(30)16-7-4-3-5-8-16/h3-5,7-8,10,12,15,19H,2,6,9,11,13-14H2,1H3,(H,26,29)(H,25,27,30). The summed E-state index contributed by atoms with van der Waals surface area (Å²) in [5.41, 5.74) is 2.30. The minimum Gasteiger partial charge on any atom is -0.344 e. The Morgan fingerprint density at radius 1 is 1.15 bits per heavy atom. The molecule has 4 rings (SSSR count). The van der Waals surface area contributed by atoms with Crippen LogP contribution in [0.2, 0.25) is 0 Å². The van der Waals surface area contributed by atoms with Crippen molar-refractivity contribution in [1.29, 1.82) is 0 Å². The zero-order valence-electron chi connectivity index (χ0n) is 18.4. The fourth-order valence-corrected chi connectivity index (χ4v) is 5.41. The summed E-state index contributed by atoms with van der Waals surface area (Å²) in [5.74, 6) is -0.526. The molecule has 1 aliphatic heterocycles. The average Bonchev–Trinajstić information content (AvgIpc) is 3.47. The Balaban J connectivity index is 1.33. The van der Waals surface area contributed by atoms with Gasteiger partial charge in [-0.15, -0.1) is 22.7 Å². The normalized spacial score (nSPS) is 13.8. The van der Waals surface area contributed by atoms with Gasteiger partial charge in [0, 0.05) is 28.9 Å². The zero-order valence-corrected chi connectivity index (χ0v) is 20.0. The number of anilines is 1. The van der Waals surface area contributed by atoms with E-state index in [-0.39, 0.29) is 24.1 Å². The Morgan fingerprint density at radius 2 is 1.97 bits per heavy atom. The van der Waals surface area contributed by atoms with Crippen LogP contribution in [-0.2, 0) is 29.0 Å². The first-order chi connectivity index (χ1) is 16.0. The number of hydrogen-bond donors (Lipinski definition) is 2. The van der Waals surface area contributed by atoms with Gasteiger partial charge in [-0.05, 0) is 42.0 Å². The average molecular weight is 483 g/mol. The largest absolute Gasteiger partial charge is 0.344 e. The van der Waals surface area contributed by atoms with Crippen LogP contribution in [0.25, 0.3) is 0 Å². The molecule has 3 aromatic rings. The highest BCUT2D eigenvalue weighted by Crippen LogP contribution is 2.25. The number of rotatable bonds is 8. The van der Waals surface area contributed by atoms with Gasteiger partial charge in [-0.3, -0.25) is 19.7 Å². The minimum atomic E-state index is -0.543. The summed E-state index contributed by atoms with van der Waals surface area (Å²) in [4.78, 5) is 45.6. The lowest BCUT2D eigenvalue weighted by Gasteiger charge is -2.30. The molecule has 0 spiro atoms. The van der Waals surface area contributed by atoms with Crippen LogP contribution >= 0.6 is 22.7 Å². The molecule has 33 heavy (non-hydrogen) atoms. The molecule has 0 saturated heterocycles. The number of nitrogens with zero attached hydrogens (tertiary/aromatic N) is 2. The third-order valence-electron chi connectivity index (χ3n) is 5.48. The molecule has 7 nitrogen and oxygen atoms in total. The molecule has 0 aliphatic carbocycles. The van der Waals surface area contributed by atoms with Crippen molar-refractivity contribution in [2.24, 2.45) is 0 Å². The molecule has 0 radical (unpaired) electrons. The Kier molecular flexibility index (Phi) is 7.51. The van der Waals surface area contributed by atoms with E-state index < -0.39 is 6.04 Å². The van der Waals surface area contributed by atoms with Crippen LogP contribution in [0.4, 0.5) is 5.13 Å². The number of carbonyl (C=O) groups is 3. The summed E-state index contributed by atoms with van der Waals surface area (Å²) in [5, 5.41) is 9.91. The Labute approximate surface area is 200 Å². The van der Waals surface area contributed by atoms with E-state index in [1.165, 1.54) is 21.8 Å². The summed E-state index contributed by atoms with van der Waals surface area (Å²) in [6.45, 7) is 3.28. The van der Waals surface area contributed by atoms with Crippen LogP contribution in [0.1, 0.15) is 46.3 Å². The van der Waals surface area contributed by atoms with Crippen LogP contribution in [0.15, 0.2) is 47.2 Å². The third kappa shape index (κ3) is 5.85. The number of carbonyl (C=O) groups excluding carboxylic acids is 3. The maximum Gasteiger partial charge on any atom is 0.257 e. The van der Waals surface area contributed by atoms with Crippen molar-refractivity contribution in [3.63, 3.8) is 0 Å². The van der Waals surface area contributed by atoms with E-state index in [0.29, 0.717) is 35.9 Å². The topological polar surface area (TPSA) is 91.4 Å². The number of fused-ring (bicyclic) bond motifs is 1. The molecular weight excluding hydrogens is 456 g/mol. The van der Waals surface area contributed by atoms with Gasteiger partial charge in [0.05, 0.1) is 12.1 Å². The molecule has 2 aromatic heterocycles. The van der Waals surface area contributed by atoms with E-state index in [4.69, 9.17) is 0 Å². The molecule has 1 aliphatic rings. The van der Waals surface area contributed by atoms with Crippen molar-refractivity contribution < 1.29 is 14.4 Å². The number of hydrogen-bond acceptors (Lipinski definition) is 6. The number of benzene rings is 1. The Bertz CT molecular complexity index is 1130. The first kappa shape index (κ1) is 23.1. The van der Waals surface area contributed by atoms with Crippen LogP contribution in [-0.4, -0.2) is 40.2 Å². The van der Waals surface area contributed by atoms with Gasteiger partial charge in [-0.2, -0.15) is 0 Å². The van der Waals surface area contributed by atoms with Gasteiger partial charge in [-0.25, -0.2) is 4.98 Å². The quantitative estimate of drug-likeness (QED) is 0.510. The van der Waals surface area contributed by atoms with Crippen molar-refractivity contribution in [1.82, 2.24) is 15.2 Å². The van der Waals surface area contributed by atoms with Crippen LogP contribution in [0, 0.1) is 0 Å². The van der Waals surface area contributed by atoms with Crippen LogP contribution in [0.5, 0.6) is 0 Å². The summed E-state index contributed by atoms with van der Waals surface area (Å²) in [7, 11) is 0. The van der Waals surface area contributed by atoms with Gasteiger partial charge < -0.3 is 10.2 Å². The van der Waals surface area contributed by atoms with Gasteiger partial charge in [0.15, 0.2) is 5.13 Å². The number of thiazole rings is 1. The van der Waals surface area contributed by atoms with Gasteiger partial charge in [0.2, 0.25) is 11.8 Å². The number of amides is 3. The van der Waals surface area contributed by atoms with Crippen molar-refractivity contribution in [3.05, 3.63) is 68.9 Å². The molecule has 1 atom stereocenters. The molecule has 0 saturated carbocycles. The predicted octanol–water partition coefficient (Wildman–Crippen LogP) is 3.87. The van der Waals surface area contributed by atoms with Crippen LogP contribution in [0.3, 0.4) is 0 Å². The highest BCUT2D eigenvalue weighted by atomic mass is 32.1. The first-order valence-corrected chi connectivity index (χ1v) is 12.7. The van der Waals surface area contributed by atoms with Gasteiger partial charge in [-0.1, -0.05) is 31.5 Å². The maximum atomic E-state index is 13.1. The molecule has 2 N–H and O–H groups in total. The van der Waals surface area contributed by atoms with Gasteiger partial charge in [0.25, 0.3) is 5.91 Å². The second-order valence-electron chi connectivity index (χ2n) is 7.93. The zero-order chi connectivity index (χ0) is 23.2. The molecule has 3 amide bonds. The molecule has 3 heterocycles. The smallest absolute Gasteiger partial charge is 0.257 e. The van der Waals surface area contributed by atoms with E-state index in [1.54, 1.807) is 41.0 Å². The molecule has 0 fully saturated rings. The number of nitrogens with one attached hydrogen (secondary N) is 2. The fraction of sp³-hybridized carbons (Fsp3) is 0.333. The lowest BCUT2D eigenvalue weighted by atomic mass is 10.1. The van der Waals surface area contributed by atoms with E-state index in [1.807, 2.05) is 17.9 Å². The predicted molar refractivity (Wildman–Crippen MR) is 130 cm³/mol. The Morgan fingerprint density at radius 3 is 2.76 bits per heavy atom. The SMILES string of the molecule is CCCC(NC(=O)Cc1csc(NC(=O)c2ccccc2)n1)C(=O)N1CCc2sccc2C1. The molecule has 9 heteroatoms. The minimum absolute atomic E-state index is 0.0314. The first-order valence-electron chi connectivity index (χ1n) is 11.0. The molecule has 1 aromatic carbocycles. The van der Waals surface area contributed by atoms with E-state index >= 15 is 0 Å². The number of thiophene rings is 1. The lowest BCUT2D eigenvalue weighted by molar-refractivity contribution is -0.137. The fourth-order valence-electron chi connectivity index (χ4n) is 3.82. The van der Waals surface area contributed by atoms with E-state index in [0.717, 1.165) is 12.8 Å². The second kappa shape index (κ2) is 10.7. The molecular formula is C24H26N4O3S2. The number of aromatic nitrogens is 1. The van der Waals surface area contributed by atoms with Crippen molar-refractivity contribution in [2.75, 3.05) is 11.9 Å².